The Balaban J connectivity index is 1.89. The Labute approximate surface area is 166 Å². The van der Waals surface area contributed by atoms with Gasteiger partial charge in [0.25, 0.3) is 5.91 Å². The van der Waals surface area contributed by atoms with E-state index in [4.69, 9.17) is 21.1 Å². The van der Waals surface area contributed by atoms with Crippen LogP contribution in [0.15, 0.2) is 30.3 Å². The van der Waals surface area contributed by atoms with Crippen LogP contribution < -0.4 is 10.1 Å². The summed E-state index contributed by atoms with van der Waals surface area (Å²) in [5.41, 5.74) is 1.30. The van der Waals surface area contributed by atoms with Crippen LogP contribution in [0.3, 0.4) is 0 Å². The second kappa shape index (κ2) is 9.50. The lowest BCUT2D eigenvalue weighted by Gasteiger charge is -2.15. The molecule has 0 radical (unpaired) electrons. The van der Waals surface area contributed by atoms with E-state index in [1.807, 2.05) is 20.8 Å². The Morgan fingerprint density at radius 1 is 1.14 bits per heavy atom. The number of carbonyl (C=O) groups is 2. The molecule has 0 aliphatic carbocycles. The molecule has 0 saturated carbocycles. The highest BCUT2D eigenvalue weighted by Crippen LogP contribution is 2.32. The minimum absolute atomic E-state index is 0.121. The zero-order chi connectivity index (χ0) is 20.8. The van der Waals surface area contributed by atoms with Gasteiger partial charge in [-0.15, -0.1) is 0 Å². The molecule has 0 aromatic heterocycles. The second-order valence-corrected chi connectivity index (χ2v) is 6.82. The number of ether oxygens (including phenoxy) is 2. The van der Waals surface area contributed by atoms with E-state index in [9.17, 15) is 18.4 Å². The fourth-order valence-corrected chi connectivity index (χ4v) is 2.52. The first kappa shape index (κ1) is 21.6. The maximum atomic E-state index is 13.5. The van der Waals surface area contributed by atoms with Crippen LogP contribution in [0.4, 0.5) is 14.5 Å². The van der Waals surface area contributed by atoms with E-state index in [2.05, 4.69) is 5.32 Å². The molecule has 0 fully saturated rings. The third kappa shape index (κ3) is 5.92. The number of esters is 1. The van der Waals surface area contributed by atoms with Crippen molar-refractivity contribution in [2.24, 2.45) is 0 Å². The van der Waals surface area contributed by atoms with Crippen LogP contribution in [0.25, 0.3) is 0 Å². The molecule has 0 bridgehead atoms. The summed E-state index contributed by atoms with van der Waals surface area (Å²) in [4.78, 5) is 23.6. The lowest BCUT2D eigenvalue weighted by molar-refractivity contribution is -0.149. The van der Waals surface area contributed by atoms with Crippen molar-refractivity contribution in [2.45, 2.75) is 26.7 Å². The number of hydrogen-bond donors (Lipinski definition) is 1. The first-order valence-corrected chi connectivity index (χ1v) is 8.88. The van der Waals surface area contributed by atoms with Crippen molar-refractivity contribution in [3.63, 3.8) is 0 Å². The van der Waals surface area contributed by atoms with Crippen molar-refractivity contribution in [1.29, 1.82) is 0 Å². The predicted octanol–water partition coefficient (Wildman–Crippen LogP) is 4.61. The average molecular weight is 412 g/mol. The Morgan fingerprint density at radius 2 is 1.86 bits per heavy atom. The molecule has 0 saturated heterocycles. The quantitative estimate of drug-likeness (QED) is 0.676. The monoisotopic (exact) mass is 411 g/mol. The van der Waals surface area contributed by atoms with E-state index in [1.165, 1.54) is 0 Å². The van der Waals surface area contributed by atoms with Gasteiger partial charge < -0.3 is 14.8 Å². The average Bonchev–Trinajstić information content (AvgIpc) is 2.63. The highest BCUT2D eigenvalue weighted by atomic mass is 35.5. The molecule has 2 aromatic carbocycles. The maximum absolute atomic E-state index is 13.5. The minimum Gasteiger partial charge on any atom is -0.482 e. The molecule has 0 unspecified atom stereocenters. The largest absolute Gasteiger partial charge is 0.482 e. The van der Waals surface area contributed by atoms with Gasteiger partial charge in [-0.1, -0.05) is 25.4 Å². The summed E-state index contributed by atoms with van der Waals surface area (Å²) in [7, 11) is 0. The van der Waals surface area contributed by atoms with Gasteiger partial charge in [0.05, 0.1) is 5.69 Å². The molecule has 0 heterocycles. The summed E-state index contributed by atoms with van der Waals surface area (Å²) >= 11 is 6.12. The number of hydrogen-bond acceptors (Lipinski definition) is 4. The van der Waals surface area contributed by atoms with Crippen molar-refractivity contribution in [3.8, 4) is 5.75 Å². The summed E-state index contributed by atoms with van der Waals surface area (Å²) in [6.07, 6.45) is 0. The molecule has 1 N–H and O–H groups in total. The van der Waals surface area contributed by atoms with Crippen LogP contribution in [0.2, 0.25) is 5.02 Å². The van der Waals surface area contributed by atoms with Gasteiger partial charge >= 0.3 is 5.97 Å². The van der Waals surface area contributed by atoms with E-state index < -0.39 is 36.7 Å². The lowest BCUT2D eigenvalue weighted by atomic mass is 10.0. The Bertz CT molecular complexity index is 887. The molecule has 0 atom stereocenters. The third-order valence-electron chi connectivity index (χ3n) is 3.83. The van der Waals surface area contributed by atoms with Gasteiger partial charge in [0.1, 0.15) is 17.4 Å². The van der Waals surface area contributed by atoms with E-state index in [0.29, 0.717) is 10.8 Å². The smallest absolute Gasteiger partial charge is 0.344 e. The number of halogens is 3. The van der Waals surface area contributed by atoms with Gasteiger partial charge in [0.15, 0.2) is 13.2 Å². The molecular weight excluding hydrogens is 392 g/mol. The molecule has 2 aromatic rings. The summed E-state index contributed by atoms with van der Waals surface area (Å²) in [6, 6.07) is 6.14. The molecule has 8 heteroatoms. The molecule has 0 aliphatic rings. The maximum Gasteiger partial charge on any atom is 0.344 e. The molecule has 1 amide bonds. The fourth-order valence-electron chi connectivity index (χ4n) is 2.35. The number of rotatable bonds is 7. The second-order valence-electron chi connectivity index (χ2n) is 6.42. The van der Waals surface area contributed by atoms with Gasteiger partial charge in [-0.3, -0.25) is 4.79 Å². The predicted molar refractivity (Wildman–Crippen MR) is 102 cm³/mol. The minimum atomic E-state index is -0.803. The highest BCUT2D eigenvalue weighted by Gasteiger charge is 2.15. The van der Waals surface area contributed by atoms with Gasteiger partial charge in [0, 0.05) is 11.1 Å². The first-order valence-electron chi connectivity index (χ1n) is 8.50. The normalized spacial score (nSPS) is 10.7. The molecule has 0 spiro atoms. The number of nitrogens with one attached hydrogen (secondary N) is 1. The van der Waals surface area contributed by atoms with Crippen LogP contribution >= 0.6 is 11.6 Å². The fraction of sp³-hybridized carbons (Fsp3) is 0.300. The zero-order valence-corrected chi connectivity index (χ0v) is 16.4. The van der Waals surface area contributed by atoms with E-state index in [0.717, 1.165) is 29.3 Å². The van der Waals surface area contributed by atoms with Crippen molar-refractivity contribution in [2.75, 3.05) is 18.5 Å². The van der Waals surface area contributed by atoms with Crippen LogP contribution in [-0.2, 0) is 14.3 Å². The SMILES string of the molecule is Cc1cc(OCC(=O)OCC(=O)Nc2cc(F)ccc2F)c(C(C)C)cc1Cl. The van der Waals surface area contributed by atoms with Crippen LogP contribution in [-0.4, -0.2) is 25.1 Å². The van der Waals surface area contributed by atoms with Crippen molar-refractivity contribution >= 4 is 29.2 Å². The summed E-state index contributed by atoms with van der Waals surface area (Å²) in [5.74, 6) is -2.47. The van der Waals surface area contributed by atoms with Gasteiger partial charge in [-0.25, -0.2) is 13.6 Å². The number of carbonyl (C=O) groups excluding carboxylic acids is 2. The van der Waals surface area contributed by atoms with Crippen molar-refractivity contribution in [1.82, 2.24) is 0 Å². The summed E-state index contributed by atoms with van der Waals surface area (Å²) < 4.78 is 36.9. The number of benzene rings is 2. The standard InChI is InChI=1S/C20H20ClF2NO4/c1-11(2)14-8-15(21)12(3)6-18(14)27-10-20(26)28-9-19(25)24-17-7-13(22)4-5-16(17)23/h4-8,11H,9-10H2,1-3H3,(H,24,25). The molecular formula is C20H20ClF2NO4. The lowest BCUT2D eigenvalue weighted by Crippen LogP contribution is -2.24. The Morgan fingerprint density at radius 3 is 2.54 bits per heavy atom. The van der Waals surface area contributed by atoms with E-state index in [-0.39, 0.29) is 11.6 Å². The zero-order valence-electron chi connectivity index (χ0n) is 15.6. The third-order valence-corrected chi connectivity index (χ3v) is 4.23. The Kier molecular flexibility index (Phi) is 7.34. The topological polar surface area (TPSA) is 64.6 Å². The number of aryl methyl sites for hydroxylation is 1. The van der Waals surface area contributed by atoms with Crippen molar-refractivity contribution < 1.29 is 27.8 Å². The highest BCUT2D eigenvalue weighted by molar-refractivity contribution is 6.31. The van der Waals surface area contributed by atoms with Crippen LogP contribution in [0, 0.1) is 18.6 Å². The number of amides is 1. The van der Waals surface area contributed by atoms with Gasteiger partial charge in [-0.2, -0.15) is 0 Å². The molecule has 150 valence electrons. The number of anilines is 1. The Hall–Kier alpha value is -2.67. The van der Waals surface area contributed by atoms with Crippen molar-refractivity contribution in [3.05, 3.63) is 58.1 Å². The van der Waals surface area contributed by atoms with E-state index >= 15 is 0 Å². The summed E-state index contributed by atoms with van der Waals surface area (Å²) in [6.45, 7) is 4.66. The molecule has 5 nitrogen and oxygen atoms in total. The van der Waals surface area contributed by atoms with Crippen LogP contribution in [0.1, 0.15) is 30.9 Å². The molecule has 2 rings (SSSR count). The molecule has 28 heavy (non-hydrogen) atoms. The van der Waals surface area contributed by atoms with Crippen LogP contribution in [0.5, 0.6) is 5.75 Å². The molecule has 0 aliphatic heterocycles. The van der Waals surface area contributed by atoms with Gasteiger partial charge in [-0.05, 0) is 48.2 Å². The van der Waals surface area contributed by atoms with Gasteiger partial charge in [0.2, 0.25) is 0 Å². The summed E-state index contributed by atoms with van der Waals surface area (Å²) in [5, 5.41) is 2.73. The van der Waals surface area contributed by atoms with E-state index in [1.54, 1.807) is 12.1 Å². The first-order chi connectivity index (χ1) is 13.2.